The first-order chi connectivity index (χ1) is 15.9. The quantitative estimate of drug-likeness (QED) is 0.237. The number of carbonyl (C=O) groups excluding carboxylic acids is 2. The van der Waals surface area contributed by atoms with Crippen LogP contribution < -0.4 is 9.64 Å². The Labute approximate surface area is 197 Å². The molecule has 2 aromatic heterocycles. The second-order valence-corrected chi connectivity index (χ2v) is 8.07. The predicted molar refractivity (Wildman–Crippen MR) is 123 cm³/mol. The first kappa shape index (κ1) is 21.1. The molecule has 1 aliphatic heterocycles. The summed E-state index contributed by atoms with van der Waals surface area (Å²) >= 11 is 12.3. The van der Waals surface area contributed by atoms with Crippen LogP contribution in [0.25, 0.3) is 16.8 Å². The number of aliphatic hydroxyl groups is 1. The molecule has 33 heavy (non-hydrogen) atoms. The van der Waals surface area contributed by atoms with Gasteiger partial charge in [-0.3, -0.25) is 14.5 Å². The predicted octanol–water partition coefficient (Wildman–Crippen LogP) is 5.10. The zero-order valence-corrected chi connectivity index (χ0v) is 18.5. The van der Waals surface area contributed by atoms with Gasteiger partial charge in [-0.2, -0.15) is 0 Å². The Kier molecular flexibility index (Phi) is 5.11. The summed E-state index contributed by atoms with van der Waals surface area (Å²) in [6.07, 6.45) is 1.41. The SMILES string of the molecule is COc1c(Cl)cc(Cl)cc1/C(O)=C1\C(=O)C(=O)N(c2nc3ccccc3[nH]2)C1c1ccco1. The third-order valence-corrected chi connectivity index (χ3v) is 5.83. The van der Waals surface area contributed by atoms with Crippen LogP contribution in [0.2, 0.25) is 10.0 Å². The number of carbonyl (C=O) groups is 2. The number of ketones is 1. The lowest BCUT2D eigenvalue weighted by Gasteiger charge is -2.21. The first-order valence-corrected chi connectivity index (χ1v) is 10.5. The van der Waals surface area contributed by atoms with E-state index < -0.39 is 23.5 Å². The number of methoxy groups -OCH3 is 1. The number of benzene rings is 2. The van der Waals surface area contributed by atoms with Gasteiger partial charge in [-0.1, -0.05) is 35.3 Å². The van der Waals surface area contributed by atoms with Crippen LogP contribution in [0.5, 0.6) is 5.75 Å². The molecule has 1 unspecified atom stereocenters. The van der Waals surface area contributed by atoms with Crippen molar-refractivity contribution in [2.45, 2.75) is 6.04 Å². The molecule has 8 nitrogen and oxygen atoms in total. The molecule has 0 bridgehead atoms. The van der Waals surface area contributed by atoms with E-state index in [1.165, 1.54) is 25.5 Å². The fourth-order valence-corrected chi connectivity index (χ4v) is 4.48. The van der Waals surface area contributed by atoms with Gasteiger partial charge < -0.3 is 19.2 Å². The Morgan fingerprint density at radius 1 is 1.18 bits per heavy atom. The molecule has 1 atom stereocenters. The number of nitrogens with zero attached hydrogens (tertiary/aromatic N) is 2. The molecule has 0 radical (unpaired) electrons. The highest BCUT2D eigenvalue weighted by Crippen LogP contribution is 2.44. The van der Waals surface area contributed by atoms with Crippen LogP contribution in [-0.2, 0) is 9.59 Å². The van der Waals surface area contributed by atoms with Crippen molar-refractivity contribution in [1.82, 2.24) is 9.97 Å². The van der Waals surface area contributed by atoms with Gasteiger partial charge in [-0.15, -0.1) is 0 Å². The summed E-state index contributed by atoms with van der Waals surface area (Å²) in [7, 11) is 1.36. The summed E-state index contributed by atoms with van der Waals surface area (Å²) in [6.45, 7) is 0. The van der Waals surface area contributed by atoms with Gasteiger partial charge in [0.25, 0.3) is 5.78 Å². The van der Waals surface area contributed by atoms with Crippen molar-refractivity contribution >= 4 is 57.6 Å². The molecule has 2 aromatic carbocycles. The van der Waals surface area contributed by atoms with Crippen molar-refractivity contribution < 1.29 is 23.8 Å². The van der Waals surface area contributed by atoms with E-state index in [2.05, 4.69) is 9.97 Å². The van der Waals surface area contributed by atoms with Crippen LogP contribution in [0, 0.1) is 0 Å². The number of Topliss-reactive ketones (excluding diaryl/α,β-unsaturated/α-hetero) is 1. The van der Waals surface area contributed by atoms with Gasteiger partial charge in [-0.25, -0.2) is 4.98 Å². The Bertz CT molecular complexity index is 1410. The molecule has 2 N–H and O–H groups in total. The average Bonchev–Trinajstić information content (AvgIpc) is 3.51. The number of hydrogen-bond donors (Lipinski definition) is 2. The van der Waals surface area contributed by atoms with Crippen LogP contribution in [0.15, 0.2) is 64.8 Å². The maximum Gasteiger partial charge on any atom is 0.302 e. The van der Waals surface area contributed by atoms with Gasteiger partial charge in [0, 0.05) is 5.02 Å². The Balaban J connectivity index is 1.76. The topological polar surface area (TPSA) is 109 Å². The minimum atomic E-state index is -1.09. The van der Waals surface area contributed by atoms with E-state index in [-0.39, 0.29) is 38.6 Å². The number of halogens is 2. The Morgan fingerprint density at radius 2 is 1.97 bits per heavy atom. The zero-order valence-electron chi connectivity index (χ0n) is 17.0. The Hall–Kier alpha value is -3.75. The molecule has 0 saturated carbocycles. The van der Waals surface area contributed by atoms with Crippen LogP contribution in [0.1, 0.15) is 17.4 Å². The van der Waals surface area contributed by atoms with Crippen molar-refractivity contribution in [3.05, 3.63) is 81.7 Å². The molecule has 3 heterocycles. The summed E-state index contributed by atoms with van der Waals surface area (Å²) in [6, 6.07) is 12.1. The average molecular weight is 484 g/mol. The lowest BCUT2D eigenvalue weighted by Crippen LogP contribution is -2.30. The third-order valence-electron chi connectivity index (χ3n) is 5.33. The number of aliphatic hydroxyl groups excluding tert-OH is 1. The molecule has 0 aliphatic carbocycles. The standard InChI is InChI=1S/C23H15Cl2N3O5/c1-32-21-12(9-11(24)10-13(21)25)19(29)17-18(16-7-4-8-33-16)28(22(31)20(17)30)23-26-14-5-2-3-6-15(14)27-23/h2-10,18,29H,1H3,(H,26,27)/b19-17+. The zero-order chi connectivity index (χ0) is 23.3. The second-order valence-electron chi connectivity index (χ2n) is 7.23. The molecular weight excluding hydrogens is 469 g/mol. The smallest absolute Gasteiger partial charge is 0.302 e. The molecule has 1 amide bonds. The van der Waals surface area contributed by atoms with E-state index in [0.717, 1.165) is 4.90 Å². The molecule has 5 rings (SSSR count). The van der Waals surface area contributed by atoms with Gasteiger partial charge in [0.05, 0.1) is 40.6 Å². The normalized spacial score (nSPS) is 17.8. The summed E-state index contributed by atoms with van der Waals surface area (Å²) in [5.74, 6) is -1.82. The minimum Gasteiger partial charge on any atom is -0.507 e. The van der Waals surface area contributed by atoms with Crippen molar-refractivity contribution in [3.8, 4) is 5.75 Å². The number of fused-ring (bicyclic) bond motifs is 1. The van der Waals surface area contributed by atoms with Gasteiger partial charge in [0.2, 0.25) is 5.95 Å². The van der Waals surface area contributed by atoms with Gasteiger partial charge in [-0.05, 0) is 36.4 Å². The Morgan fingerprint density at radius 3 is 2.67 bits per heavy atom. The fraction of sp³-hybridized carbons (Fsp3) is 0.0870. The molecule has 10 heteroatoms. The van der Waals surface area contributed by atoms with Crippen LogP contribution in [0.3, 0.4) is 0 Å². The van der Waals surface area contributed by atoms with Crippen LogP contribution in [0.4, 0.5) is 5.95 Å². The van der Waals surface area contributed by atoms with Crippen molar-refractivity contribution in [2.75, 3.05) is 12.0 Å². The number of rotatable bonds is 4. The van der Waals surface area contributed by atoms with Crippen LogP contribution >= 0.6 is 23.2 Å². The number of para-hydroxylation sites is 2. The molecule has 1 saturated heterocycles. The maximum absolute atomic E-state index is 13.2. The fourth-order valence-electron chi connectivity index (χ4n) is 3.91. The molecule has 166 valence electrons. The minimum absolute atomic E-state index is 0.0640. The van der Waals surface area contributed by atoms with Gasteiger partial charge >= 0.3 is 5.91 Å². The molecule has 1 fully saturated rings. The maximum atomic E-state index is 13.2. The van der Waals surface area contributed by atoms with Gasteiger partial charge in [0.15, 0.2) is 0 Å². The number of amides is 1. The van der Waals surface area contributed by atoms with Crippen molar-refractivity contribution in [3.63, 3.8) is 0 Å². The number of ether oxygens (including phenoxy) is 1. The summed E-state index contributed by atoms with van der Waals surface area (Å²) in [5.41, 5.74) is 1.13. The van der Waals surface area contributed by atoms with Crippen LogP contribution in [-0.4, -0.2) is 33.9 Å². The number of hydrogen-bond acceptors (Lipinski definition) is 6. The number of anilines is 1. The highest BCUT2D eigenvalue weighted by atomic mass is 35.5. The van der Waals surface area contributed by atoms with Crippen molar-refractivity contribution in [2.24, 2.45) is 0 Å². The number of imidazole rings is 1. The molecule has 4 aromatic rings. The molecule has 1 aliphatic rings. The monoisotopic (exact) mass is 483 g/mol. The number of aromatic amines is 1. The largest absolute Gasteiger partial charge is 0.507 e. The van der Waals surface area contributed by atoms with E-state index in [9.17, 15) is 14.7 Å². The van der Waals surface area contributed by atoms with E-state index in [0.29, 0.717) is 11.0 Å². The lowest BCUT2D eigenvalue weighted by molar-refractivity contribution is -0.132. The first-order valence-electron chi connectivity index (χ1n) is 9.73. The molecule has 0 spiro atoms. The van der Waals surface area contributed by atoms with E-state index in [1.807, 2.05) is 6.07 Å². The summed E-state index contributed by atoms with van der Waals surface area (Å²) < 4.78 is 10.9. The number of furan rings is 1. The highest BCUT2D eigenvalue weighted by Gasteiger charge is 2.49. The van der Waals surface area contributed by atoms with E-state index in [4.69, 9.17) is 32.4 Å². The number of aromatic nitrogens is 2. The summed E-state index contributed by atoms with van der Waals surface area (Å²) in [5, 5.41) is 11.6. The van der Waals surface area contributed by atoms with Gasteiger partial charge in [0.1, 0.15) is 23.3 Å². The lowest BCUT2D eigenvalue weighted by atomic mass is 9.99. The second kappa shape index (κ2) is 7.99. The number of H-pyrrole nitrogens is 1. The van der Waals surface area contributed by atoms with E-state index >= 15 is 0 Å². The van der Waals surface area contributed by atoms with E-state index in [1.54, 1.807) is 30.3 Å². The third kappa shape index (κ3) is 3.35. The van der Waals surface area contributed by atoms with Crippen molar-refractivity contribution in [1.29, 1.82) is 0 Å². The summed E-state index contributed by atoms with van der Waals surface area (Å²) in [4.78, 5) is 35.0. The number of nitrogens with one attached hydrogen (secondary N) is 1. The highest BCUT2D eigenvalue weighted by molar-refractivity contribution is 6.51. The molecular formula is C23H15Cl2N3O5.